The topological polar surface area (TPSA) is 83.5 Å². The summed E-state index contributed by atoms with van der Waals surface area (Å²) in [6.07, 6.45) is 0. The van der Waals surface area contributed by atoms with Gasteiger partial charge in [-0.15, -0.1) is 0 Å². The largest absolute Gasteiger partial charge is 2.00 e. The molecule has 0 aromatic heterocycles. The Kier molecular flexibility index (Phi) is 8.12. The molecule has 0 radical (unpaired) electrons. The molecule has 2 N–H and O–H groups in total. The van der Waals surface area contributed by atoms with Crippen molar-refractivity contribution < 1.29 is 20.6 Å². The summed E-state index contributed by atoms with van der Waals surface area (Å²) in [6.45, 7) is 7.98. The third-order valence-corrected chi connectivity index (χ3v) is 2.89. The van der Waals surface area contributed by atoms with Gasteiger partial charge in [0.1, 0.15) is 0 Å². The summed E-state index contributed by atoms with van der Waals surface area (Å²) in [7, 11) is -4.27. The van der Waals surface area contributed by atoms with Gasteiger partial charge in [0.15, 0.2) is 5.37 Å². The van der Waals surface area contributed by atoms with Gasteiger partial charge in [0.25, 0.3) is 10.1 Å². The first kappa shape index (κ1) is 17.8. The molecular weight excluding hydrogens is 246 g/mol. The van der Waals surface area contributed by atoms with E-state index in [1.165, 1.54) is 6.92 Å². The van der Waals surface area contributed by atoms with Gasteiger partial charge in [0.05, 0.1) is 0 Å². The van der Waals surface area contributed by atoms with Crippen LogP contribution in [0.3, 0.4) is 0 Å². The maximum absolute atomic E-state index is 11.1. The normalized spacial score (nSPS) is 12.9. The molecule has 0 saturated carbocycles. The quantitative estimate of drug-likeness (QED) is 0.437. The molecule has 0 aliphatic rings. The minimum absolute atomic E-state index is 0. The van der Waals surface area contributed by atoms with Crippen LogP contribution in [0.15, 0.2) is 12.2 Å². The number of rotatable bonds is 4. The summed E-state index contributed by atoms with van der Waals surface area (Å²) in [4.78, 5) is 11.1. The molecule has 1 unspecified atom stereocenters. The Balaban J connectivity index is -0.000000282. The SMILES string of the molecule is C=C(C)C(=O)NC(C(C)C)S(=O)(=O)O.[Ca+2].[H-].[H-]. The van der Waals surface area contributed by atoms with E-state index in [1.807, 2.05) is 0 Å². The van der Waals surface area contributed by atoms with E-state index in [1.54, 1.807) is 13.8 Å². The van der Waals surface area contributed by atoms with Crippen molar-refractivity contribution in [3.8, 4) is 0 Å². The first-order valence-corrected chi connectivity index (χ1v) is 5.59. The molecule has 1 atom stereocenters. The van der Waals surface area contributed by atoms with Crippen LogP contribution in [0.1, 0.15) is 23.6 Å². The molecule has 0 heterocycles. The predicted molar refractivity (Wildman–Crippen MR) is 61.1 cm³/mol. The first-order valence-electron chi connectivity index (χ1n) is 4.09. The van der Waals surface area contributed by atoms with Crippen molar-refractivity contribution >= 4 is 53.8 Å². The summed E-state index contributed by atoms with van der Waals surface area (Å²) in [5.74, 6) is -0.991. The van der Waals surface area contributed by atoms with E-state index in [-0.39, 0.29) is 46.2 Å². The molecule has 0 rings (SSSR count). The smallest absolute Gasteiger partial charge is 1.00 e. The van der Waals surface area contributed by atoms with Gasteiger partial charge >= 0.3 is 37.7 Å². The van der Waals surface area contributed by atoms with E-state index in [2.05, 4.69) is 11.9 Å². The zero-order valence-corrected chi connectivity index (χ0v) is 12.2. The minimum atomic E-state index is -4.27. The van der Waals surface area contributed by atoms with Gasteiger partial charge in [-0.3, -0.25) is 9.35 Å². The fourth-order valence-corrected chi connectivity index (χ4v) is 1.78. The average molecular weight is 263 g/mol. The van der Waals surface area contributed by atoms with Crippen LogP contribution in [0.5, 0.6) is 0 Å². The van der Waals surface area contributed by atoms with Gasteiger partial charge < -0.3 is 8.17 Å². The van der Waals surface area contributed by atoms with Crippen LogP contribution in [0.4, 0.5) is 0 Å². The van der Waals surface area contributed by atoms with Crippen molar-refractivity contribution in [1.82, 2.24) is 5.32 Å². The van der Waals surface area contributed by atoms with Crippen LogP contribution >= 0.6 is 0 Å². The second-order valence-corrected chi connectivity index (χ2v) is 4.97. The van der Waals surface area contributed by atoms with E-state index in [9.17, 15) is 13.2 Å². The summed E-state index contributed by atoms with van der Waals surface area (Å²) < 4.78 is 30.5. The molecule has 0 aliphatic carbocycles. The maximum Gasteiger partial charge on any atom is 2.00 e. The summed E-state index contributed by atoms with van der Waals surface area (Å²) in [6, 6.07) is 0. The van der Waals surface area contributed by atoms with E-state index in [0.717, 1.165) is 0 Å². The monoisotopic (exact) mass is 263 g/mol. The maximum atomic E-state index is 11.1. The van der Waals surface area contributed by atoms with E-state index in [4.69, 9.17) is 4.55 Å². The Morgan fingerprint density at radius 2 is 1.87 bits per heavy atom. The van der Waals surface area contributed by atoms with Crippen molar-refractivity contribution in [2.45, 2.75) is 26.1 Å². The van der Waals surface area contributed by atoms with Crippen LogP contribution < -0.4 is 5.32 Å². The van der Waals surface area contributed by atoms with Crippen molar-refractivity contribution in [2.75, 3.05) is 0 Å². The molecule has 0 saturated heterocycles. The third kappa shape index (κ3) is 6.52. The molecule has 7 heteroatoms. The number of hydrogen-bond acceptors (Lipinski definition) is 3. The Labute approximate surface area is 123 Å². The Morgan fingerprint density at radius 1 is 1.47 bits per heavy atom. The van der Waals surface area contributed by atoms with Gasteiger partial charge in [0, 0.05) is 5.57 Å². The predicted octanol–water partition coefficient (Wildman–Crippen LogP) is 0.393. The van der Waals surface area contributed by atoms with Crippen molar-refractivity contribution in [3.05, 3.63) is 12.2 Å². The number of carbonyl (C=O) groups is 1. The Morgan fingerprint density at radius 3 is 2.07 bits per heavy atom. The van der Waals surface area contributed by atoms with E-state index < -0.39 is 27.3 Å². The second-order valence-electron chi connectivity index (χ2n) is 3.43. The van der Waals surface area contributed by atoms with Crippen molar-refractivity contribution in [2.24, 2.45) is 5.92 Å². The molecular formula is C8H17CaNO4S. The molecule has 86 valence electrons. The van der Waals surface area contributed by atoms with E-state index >= 15 is 0 Å². The van der Waals surface area contributed by atoms with Crippen molar-refractivity contribution in [1.29, 1.82) is 0 Å². The number of amides is 1. The molecule has 0 spiro atoms. The average Bonchev–Trinajstić information content (AvgIpc) is 1.96. The molecule has 5 nitrogen and oxygen atoms in total. The summed E-state index contributed by atoms with van der Waals surface area (Å²) in [5.41, 5.74) is 0.194. The molecule has 0 aliphatic heterocycles. The van der Waals surface area contributed by atoms with Gasteiger partial charge in [-0.1, -0.05) is 20.4 Å². The van der Waals surface area contributed by atoms with Gasteiger partial charge in [-0.2, -0.15) is 8.42 Å². The molecule has 0 fully saturated rings. The Hall–Kier alpha value is 0.380. The minimum Gasteiger partial charge on any atom is -1.00 e. The molecule has 15 heavy (non-hydrogen) atoms. The fourth-order valence-electron chi connectivity index (χ4n) is 0.837. The fraction of sp³-hybridized carbons (Fsp3) is 0.625. The molecule has 0 aromatic rings. The first-order chi connectivity index (χ1) is 6.16. The zero-order valence-electron chi connectivity index (χ0n) is 11.1. The van der Waals surface area contributed by atoms with Crippen LogP contribution in [0.25, 0.3) is 0 Å². The standard InChI is InChI=1S/C8H15NO4S.Ca.2H/c1-5(2)7(10)9-8(6(3)4)14(11,12)13;;;/h6,8H,1H2,2-4H3,(H,9,10)(H,11,12,13);;;/q;+2;2*-1. The summed E-state index contributed by atoms with van der Waals surface area (Å²) in [5, 5.41) is 0.894. The van der Waals surface area contributed by atoms with Crippen LogP contribution in [0, 0.1) is 5.92 Å². The second kappa shape index (κ2) is 6.85. The number of hydrogen-bond donors (Lipinski definition) is 2. The van der Waals surface area contributed by atoms with Crippen LogP contribution in [0.2, 0.25) is 0 Å². The summed E-state index contributed by atoms with van der Waals surface area (Å²) >= 11 is 0. The molecule has 0 bridgehead atoms. The van der Waals surface area contributed by atoms with Gasteiger partial charge in [-0.25, -0.2) is 0 Å². The van der Waals surface area contributed by atoms with Gasteiger partial charge in [0.2, 0.25) is 5.91 Å². The van der Waals surface area contributed by atoms with Gasteiger partial charge in [-0.05, 0) is 12.8 Å². The zero-order chi connectivity index (χ0) is 11.5. The van der Waals surface area contributed by atoms with Crippen LogP contribution in [-0.2, 0) is 14.9 Å². The van der Waals surface area contributed by atoms with Crippen molar-refractivity contribution in [3.63, 3.8) is 0 Å². The third-order valence-electron chi connectivity index (χ3n) is 1.59. The molecule has 1 amide bonds. The van der Waals surface area contributed by atoms with Crippen LogP contribution in [-0.4, -0.2) is 62.0 Å². The molecule has 0 aromatic carbocycles. The Bertz CT molecular complexity index is 345. The van der Waals surface area contributed by atoms with E-state index in [0.29, 0.717) is 0 Å². The number of carbonyl (C=O) groups excluding carboxylic acids is 1. The number of nitrogens with one attached hydrogen (secondary N) is 1.